The molecule has 0 saturated carbocycles. The van der Waals surface area contributed by atoms with Gasteiger partial charge in [-0.05, 0) is 49.0 Å². The van der Waals surface area contributed by atoms with Crippen molar-refractivity contribution in [3.63, 3.8) is 0 Å². The lowest BCUT2D eigenvalue weighted by Crippen LogP contribution is -2.45. The molecule has 0 atom stereocenters. The Morgan fingerprint density at radius 1 is 0.886 bits per heavy atom. The van der Waals surface area contributed by atoms with Crippen molar-refractivity contribution in [2.75, 3.05) is 31.1 Å². The molecule has 0 aliphatic carbocycles. The maximum absolute atomic E-state index is 13.3. The van der Waals surface area contributed by atoms with E-state index in [1.165, 1.54) is 0 Å². The Balaban J connectivity index is 1.60. The van der Waals surface area contributed by atoms with Crippen LogP contribution in [0.5, 0.6) is 0 Å². The number of alkyl halides is 3. The summed E-state index contributed by atoms with van der Waals surface area (Å²) in [6.07, 6.45) is -1.47. The molecule has 2 aromatic heterocycles. The molecule has 0 bridgehead atoms. The molecule has 182 valence electrons. The Labute approximate surface area is 202 Å². The first kappa shape index (κ1) is 24.5. The number of hydrogen-bond donors (Lipinski definition) is 1. The van der Waals surface area contributed by atoms with Crippen LogP contribution in [-0.2, 0) is 4.79 Å². The van der Waals surface area contributed by atoms with Gasteiger partial charge in [-0.3, -0.25) is 9.78 Å². The molecule has 1 amide bonds. The molecule has 2 aromatic carbocycles. The molecule has 0 fully saturated rings. The maximum atomic E-state index is 13.3. The van der Waals surface area contributed by atoms with E-state index in [0.29, 0.717) is 19.6 Å². The summed E-state index contributed by atoms with van der Waals surface area (Å²) in [5.41, 5.74) is 4.68. The van der Waals surface area contributed by atoms with Gasteiger partial charge in [0.2, 0.25) is 0 Å². The van der Waals surface area contributed by atoms with Gasteiger partial charge in [-0.2, -0.15) is 13.2 Å². The molecule has 0 radical (unpaired) electrons. The fourth-order valence-electron chi connectivity index (χ4n) is 4.09. The number of fused-ring (bicyclic) bond motifs is 1. The van der Waals surface area contributed by atoms with Crippen LogP contribution in [0.3, 0.4) is 0 Å². The van der Waals surface area contributed by atoms with Gasteiger partial charge in [-0.25, -0.2) is 0 Å². The number of amides is 1. The van der Waals surface area contributed by atoms with E-state index in [1.807, 2.05) is 49.1 Å². The summed E-state index contributed by atoms with van der Waals surface area (Å²) < 4.78 is 39.9. The van der Waals surface area contributed by atoms with E-state index in [1.54, 1.807) is 36.7 Å². The van der Waals surface area contributed by atoms with Gasteiger partial charge in [0.05, 0.1) is 0 Å². The molecule has 0 aliphatic heterocycles. The summed E-state index contributed by atoms with van der Waals surface area (Å²) in [6.45, 7) is 5.58. The summed E-state index contributed by atoms with van der Waals surface area (Å²) in [4.78, 5) is 22.7. The maximum Gasteiger partial charge on any atom is 0.471 e. The van der Waals surface area contributed by atoms with Crippen LogP contribution < -0.4 is 4.90 Å². The van der Waals surface area contributed by atoms with E-state index in [9.17, 15) is 18.0 Å². The fourth-order valence-corrected chi connectivity index (χ4v) is 4.09. The minimum Gasteiger partial charge on any atom is -0.354 e. The van der Waals surface area contributed by atoms with Crippen molar-refractivity contribution in [3.05, 3.63) is 73.1 Å². The predicted octanol–water partition coefficient (Wildman–Crippen LogP) is 6.13. The topological polar surface area (TPSA) is 52.2 Å². The van der Waals surface area contributed by atoms with E-state index in [0.717, 1.165) is 38.2 Å². The molecule has 4 rings (SSSR count). The average Bonchev–Trinajstić information content (AvgIpc) is 3.31. The first-order chi connectivity index (χ1) is 16.8. The number of rotatable bonds is 8. The molecule has 8 heteroatoms. The Kier molecular flexibility index (Phi) is 7.21. The third-order valence-electron chi connectivity index (χ3n) is 6.11. The monoisotopic (exact) mass is 480 g/mol. The summed E-state index contributed by atoms with van der Waals surface area (Å²) in [5, 5.41) is 1.09. The van der Waals surface area contributed by atoms with Crippen LogP contribution in [0.25, 0.3) is 33.3 Å². The van der Waals surface area contributed by atoms with Gasteiger partial charge in [-0.1, -0.05) is 44.2 Å². The number of carbonyl (C=O) groups is 1. The predicted molar refractivity (Wildman–Crippen MR) is 133 cm³/mol. The third kappa shape index (κ3) is 5.54. The van der Waals surface area contributed by atoms with Crippen LogP contribution in [0, 0.1) is 0 Å². The second-order valence-corrected chi connectivity index (χ2v) is 8.26. The summed E-state index contributed by atoms with van der Waals surface area (Å²) in [6, 6.07) is 18.5. The van der Waals surface area contributed by atoms with Gasteiger partial charge in [-0.15, -0.1) is 0 Å². The van der Waals surface area contributed by atoms with E-state index in [4.69, 9.17) is 0 Å². The molecule has 5 nitrogen and oxygen atoms in total. The minimum atomic E-state index is -4.94. The molecule has 4 aromatic rings. The molecule has 0 saturated heterocycles. The van der Waals surface area contributed by atoms with Crippen molar-refractivity contribution < 1.29 is 18.0 Å². The van der Waals surface area contributed by atoms with Crippen molar-refractivity contribution in [2.24, 2.45) is 0 Å². The number of halogens is 3. The van der Waals surface area contributed by atoms with Crippen molar-refractivity contribution in [2.45, 2.75) is 20.0 Å². The van der Waals surface area contributed by atoms with Gasteiger partial charge in [0.15, 0.2) is 0 Å². The van der Waals surface area contributed by atoms with Crippen LogP contribution in [-0.4, -0.2) is 53.1 Å². The first-order valence-electron chi connectivity index (χ1n) is 11.5. The lowest BCUT2D eigenvalue weighted by molar-refractivity contribution is -0.170. The Morgan fingerprint density at radius 2 is 1.57 bits per heavy atom. The number of nitrogens with zero attached hydrogens (tertiary/aromatic N) is 3. The van der Waals surface area contributed by atoms with E-state index < -0.39 is 12.1 Å². The summed E-state index contributed by atoms with van der Waals surface area (Å²) >= 11 is 0. The SMILES string of the molecule is CCN(CC)CCN(C(=O)C(F)(F)F)c1ccc(-c2cncc(-c3cc4ccccc4[nH]3)c2)cc1. The number of aromatic amines is 1. The van der Waals surface area contributed by atoms with Crippen molar-refractivity contribution in [1.29, 1.82) is 0 Å². The molecule has 1 N–H and O–H groups in total. The Morgan fingerprint density at radius 3 is 2.23 bits per heavy atom. The molecule has 35 heavy (non-hydrogen) atoms. The largest absolute Gasteiger partial charge is 0.471 e. The van der Waals surface area contributed by atoms with Gasteiger partial charge >= 0.3 is 12.1 Å². The highest BCUT2D eigenvalue weighted by atomic mass is 19.4. The zero-order valence-electron chi connectivity index (χ0n) is 19.6. The highest BCUT2D eigenvalue weighted by Crippen LogP contribution is 2.30. The summed E-state index contributed by atoms with van der Waals surface area (Å²) in [5.74, 6) is -1.86. The van der Waals surface area contributed by atoms with Crippen LogP contribution in [0.4, 0.5) is 18.9 Å². The molecule has 0 spiro atoms. The van der Waals surface area contributed by atoms with Crippen LogP contribution in [0.15, 0.2) is 73.1 Å². The highest BCUT2D eigenvalue weighted by Gasteiger charge is 2.43. The molecule has 0 unspecified atom stereocenters. The van der Waals surface area contributed by atoms with E-state index in [-0.39, 0.29) is 12.2 Å². The van der Waals surface area contributed by atoms with Crippen LogP contribution >= 0.6 is 0 Å². The van der Waals surface area contributed by atoms with Crippen molar-refractivity contribution in [1.82, 2.24) is 14.9 Å². The fraction of sp³-hybridized carbons (Fsp3) is 0.259. The number of benzene rings is 2. The molecular weight excluding hydrogens is 453 g/mol. The lowest BCUT2D eigenvalue weighted by atomic mass is 10.0. The molecule has 0 aliphatic rings. The number of carbonyl (C=O) groups excluding carboxylic acids is 1. The standard InChI is InChI=1S/C27H27F3N4O/c1-3-33(4-2)13-14-34(26(35)27(28,29)30)23-11-9-19(10-12-23)21-15-22(18-31-17-21)25-16-20-7-5-6-8-24(20)32-25/h5-12,15-18,32H,3-4,13-14H2,1-2H3. The van der Waals surface area contributed by atoms with Gasteiger partial charge in [0.1, 0.15) is 0 Å². The van der Waals surface area contributed by atoms with Crippen molar-refractivity contribution >= 4 is 22.5 Å². The zero-order valence-corrected chi connectivity index (χ0v) is 19.6. The number of para-hydroxylation sites is 1. The average molecular weight is 481 g/mol. The zero-order chi connectivity index (χ0) is 25.0. The summed E-state index contributed by atoms with van der Waals surface area (Å²) in [7, 11) is 0. The number of anilines is 1. The first-order valence-corrected chi connectivity index (χ1v) is 11.5. The lowest BCUT2D eigenvalue weighted by Gasteiger charge is -2.27. The third-order valence-corrected chi connectivity index (χ3v) is 6.11. The number of nitrogens with one attached hydrogen (secondary N) is 1. The number of aromatic nitrogens is 2. The van der Waals surface area contributed by atoms with Crippen molar-refractivity contribution in [3.8, 4) is 22.4 Å². The van der Waals surface area contributed by atoms with Gasteiger partial charge < -0.3 is 14.8 Å². The van der Waals surface area contributed by atoms with Crippen LogP contribution in [0.2, 0.25) is 0 Å². The number of hydrogen-bond acceptors (Lipinski definition) is 3. The molecular formula is C27H27F3N4O. The Bertz CT molecular complexity index is 1260. The van der Waals surface area contributed by atoms with Gasteiger partial charge in [0, 0.05) is 58.9 Å². The van der Waals surface area contributed by atoms with E-state index >= 15 is 0 Å². The second kappa shape index (κ2) is 10.3. The quantitative estimate of drug-likeness (QED) is 0.330. The second-order valence-electron chi connectivity index (χ2n) is 8.26. The number of H-pyrrole nitrogens is 1. The Hall–Kier alpha value is -3.65. The number of likely N-dealkylation sites (N-methyl/N-ethyl adjacent to an activating group) is 1. The normalized spacial score (nSPS) is 11.8. The molecule has 2 heterocycles. The minimum absolute atomic E-state index is 0.0448. The van der Waals surface area contributed by atoms with Crippen LogP contribution in [0.1, 0.15) is 13.8 Å². The number of pyridine rings is 1. The smallest absolute Gasteiger partial charge is 0.354 e. The van der Waals surface area contributed by atoms with Gasteiger partial charge in [0.25, 0.3) is 0 Å². The highest BCUT2D eigenvalue weighted by molar-refractivity contribution is 5.97. The van der Waals surface area contributed by atoms with E-state index in [2.05, 4.69) is 16.0 Å².